The molecule has 3 aromatic rings. The number of hydrogen-bond donors (Lipinski definition) is 2. The number of benzene rings is 3. The first-order chi connectivity index (χ1) is 16.5. The van der Waals surface area contributed by atoms with Crippen molar-refractivity contribution >= 4 is 33.1 Å². The Labute approximate surface area is 207 Å². The minimum absolute atomic E-state index is 0.0711. The van der Waals surface area contributed by atoms with Crippen LogP contribution in [0.15, 0.2) is 65.6 Å². The Hall–Kier alpha value is -3.52. The maximum atomic E-state index is 12.9. The van der Waals surface area contributed by atoms with E-state index in [2.05, 4.69) is 46.6 Å². The van der Waals surface area contributed by atoms with Gasteiger partial charge in [-0.15, -0.1) is 0 Å². The predicted octanol–water partition coefficient (Wildman–Crippen LogP) is 4.83. The molecule has 0 spiro atoms. The molecule has 1 saturated heterocycles. The van der Waals surface area contributed by atoms with Crippen LogP contribution in [0.1, 0.15) is 34.0 Å². The molecule has 1 fully saturated rings. The molecular formula is C27H31N3O4S. The molecule has 0 aromatic heterocycles. The van der Waals surface area contributed by atoms with Crippen LogP contribution in [0.25, 0.3) is 0 Å². The second-order valence-corrected chi connectivity index (χ2v) is 11.0. The highest BCUT2D eigenvalue weighted by molar-refractivity contribution is 7.92. The summed E-state index contributed by atoms with van der Waals surface area (Å²) in [5, 5.41) is 9.92. The summed E-state index contributed by atoms with van der Waals surface area (Å²) in [5.74, 6) is -1.10. The highest BCUT2D eigenvalue weighted by Gasteiger charge is 2.27. The Bertz CT molecular complexity index is 1350. The SMILES string of the molecule is Cc1cccc(N2CCN(c3ccc(NS(=O)(=O)c4cc(C)cc(C)c4)cc3C(=O)O)C[C@@H]2C)c1. The third kappa shape index (κ3) is 5.43. The molecule has 0 amide bonds. The Morgan fingerprint density at radius 3 is 2.29 bits per heavy atom. The molecule has 35 heavy (non-hydrogen) atoms. The summed E-state index contributed by atoms with van der Waals surface area (Å²) < 4.78 is 28.4. The van der Waals surface area contributed by atoms with Gasteiger partial charge in [-0.25, -0.2) is 13.2 Å². The van der Waals surface area contributed by atoms with Crippen LogP contribution in [0, 0.1) is 20.8 Å². The average molecular weight is 494 g/mol. The van der Waals surface area contributed by atoms with Crippen molar-refractivity contribution in [2.45, 2.75) is 38.6 Å². The monoisotopic (exact) mass is 493 g/mol. The Kier molecular flexibility index (Phi) is 6.76. The van der Waals surface area contributed by atoms with Crippen molar-refractivity contribution in [1.82, 2.24) is 0 Å². The van der Waals surface area contributed by atoms with Crippen LogP contribution in [0.2, 0.25) is 0 Å². The van der Waals surface area contributed by atoms with Gasteiger partial charge in [0.1, 0.15) is 0 Å². The number of aryl methyl sites for hydroxylation is 3. The van der Waals surface area contributed by atoms with E-state index in [1.165, 1.54) is 11.6 Å². The molecular weight excluding hydrogens is 462 g/mol. The second-order valence-electron chi connectivity index (χ2n) is 9.29. The summed E-state index contributed by atoms with van der Waals surface area (Å²) in [7, 11) is -3.85. The largest absolute Gasteiger partial charge is 0.478 e. The molecule has 3 aromatic carbocycles. The predicted molar refractivity (Wildman–Crippen MR) is 140 cm³/mol. The molecule has 1 aliphatic rings. The molecule has 0 saturated carbocycles. The van der Waals surface area contributed by atoms with E-state index >= 15 is 0 Å². The number of hydrogen-bond acceptors (Lipinski definition) is 5. The average Bonchev–Trinajstić information content (AvgIpc) is 2.78. The van der Waals surface area contributed by atoms with E-state index in [0.717, 1.165) is 23.4 Å². The lowest BCUT2D eigenvalue weighted by molar-refractivity contribution is 0.0697. The molecule has 0 bridgehead atoms. The molecule has 1 aliphatic heterocycles. The molecule has 1 atom stereocenters. The van der Waals surface area contributed by atoms with Crippen LogP contribution >= 0.6 is 0 Å². The Morgan fingerprint density at radius 1 is 0.943 bits per heavy atom. The normalized spacial score (nSPS) is 16.3. The van der Waals surface area contributed by atoms with Crippen molar-refractivity contribution in [2.24, 2.45) is 0 Å². The number of piperazine rings is 1. The molecule has 0 unspecified atom stereocenters. The van der Waals surface area contributed by atoms with Gasteiger partial charge >= 0.3 is 5.97 Å². The van der Waals surface area contributed by atoms with Gasteiger partial charge in [-0.1, -0.05) is 18.2 Å². The van der Waals surface area contributed by atoms with Crippen molar-refractivity contribution in [1.29, 1.82) is 0 Å². The first-order valence-corrected chi connectivity index (χ1v) is 13.1. The standard InChI is InChI=1S/C27H31N3O4S/c1-18-6-5-7-23(13-18)30-11-10-29(17-21(30)4)26-9-8-22(16-25(26)27(31)32)28-35(33,34)24-14-19(2)12-20(3)15-24/h5-9,12-16,21,28H,10-11,17H2,1-4H3,(H,31,32)/t21-/m0/s1. The summed E-state index contributed by atoms with van der Waals surface area (Å²) in [6, 6.07) is 18.3. The topological polar surface area (TPSA) is 90.0 Å². The minimum Gasteiger partial charge on any atom is -0.478 e. The summed E-state index contributed by atoms with van der Waals surface area (Å²) in [4.78, 5) is 16.7. The number of sulfonamides is 1. The van der Waals surface area contributed by atoms with E-state index in [1.54, 1.807) is 24.3 Å². The van der Waals surface area contributed by atoms with Gasteiger partial charge in [-0.05, 0) is 86.8 Å². The summed E-state index contributed by atoms with van der Waals surface area (Å²) in [5.41, 5.74) is 4.91. The summed E-state index contributed by atoms with van der Waals surface area (Å²) in [6.07, 6.45) is 0. The van der Waals surface area contributed by atoms with E-state index in [9.17, 15) is 18.3 Å². The molecule has 0 radical (unpaired) electrons. The van der Waals surface area contributed by atoms with Gasteiger partial charge in [0, 0.05) is 37.1 Å². The van der Waals surface area contributed by atoms with E-state index in [4.69, 9.17) is 0 Å². The summed E-state index contributed by atoms with van der Waals surface area (Å²) in [6.45, 7) is 9.94. The van der Waals surface area contributed by atoms with Crippen LogP contribution < -0.4 is 14.5 Å². The van der Waals surface area contributed by atoms with Gasteiger partial charge in [0.05, 0.1) is 16.1 Å². The van der Waals surface area contributed by atoms with E-state index in [1.807, 2.05) is 26.0 Å². The lowest BCUT2D eigenvalue weighted by Gasteiger charge is -2.42. The first kappa shape index (κ1) is 24.6. The fraction of sp³-hybridized carbons (Fsp3) is 0.296. The molecule has 0 aliphatic carbocycles. The first-order valence-electron chi connectivity index (χ1n) is 11.6. The zero-order chi connectivity index (χ0) is 25.3. The van der Waals surface area contributed by atoms with Crippen LogP contribution in [0.5, 0.6) is 0 Å². The molecule has 184 valence electrons. The molecule has 8 heteroatoms. The van der Waals surface area contributed by atoms with Crippen LogP contribution in [-0.2, 0) is 10.0 Å². The minimum atomic E-state index is -3.85. The van der Waals surface area contributed by atoms with E-state index in [0.29, 0.717) is 18.8 Å². The smallest absolute Gasteiger partial charge is 0.337 e. The lowest BCUT2D eigenvalue weighted by Crippen LogP contribution is -2.52. The zero-order valence-corrected chi connectivity index (χ0v) is 21.3. The maximum Gasteiger partial charge on any atom is 0.337 e. The van der Waals surface area contributed by atoms with Gasteiger partial charge in [0.15, 0.2) is 0 Å². The van der Waals surface area contributed by atoms with Crippen LogP contribution in [0.4, 0.5) is 17.1 Å². The maximum absolute atomic E-state index is 12.9. The van der Waals surface area contributed by atoms with Gasteiger partial charge in [0.2, 0.25) is 0 Å². The summed E-state index contributed by atoms with van der Waals surface area (Å²) >= 11 is 0. The lowest BCUT2D eigenvalue weighted by atomic mass is 10.1. The number of rotatable bonds is 6. The van der Waals surface area contributed by atoms with Crippen LogP contribution in [-0.4, -0.2) is 45.2 Å². The molecule has 1 heterocycles. The fourth-order valence-electron chi connectivity index (χ4n) is 4.72. The van der Waals surface area contributed by atoms with Gasteiger partial charge in [-0.2, -0.15) is 0 Å². The number of carboxylic acids is 1. The van der Waals surface area contributed by atoms with Crippen LogP contribution in [0.3, 0.4) is 0 Å². The van der Waals surface area contributed by atoms with Crippen molar-refractivity contribution in [2.75, 3.05) is 34.2 Å². The fourth-order valence-corrected chi connectivity index (χ4v) is 5.95. The van der Waals surface area contributed by atoms with E-state index in [-0.39, 0.29) is 22.2 Å². The van der Waals surface area contributed by atoms with Crippen molar-refractivity contribution in [3.63, 3.8) is 0 Å². The molecule has 4 rings (SSSR count). The third-order valence-corrected chi connectivity index (χ3v) is 7.65. The number of anilines is 3. The highest BCUT2D eigenvalue weighted by atomic mass is 32.2. The zero-order valence-electron chi connectivity index (χ0n) is 20.4. The quantitative estimate of drug-likeness (QED) is 0.511. The Morgan fingerprint density at radius 2 is 1.66 bits per heavy atom. The van der Waals surface area contributed by atoms with Crippen molar-refractivity contribution in [3.05, 3.63) is 82.9 Å². The number of carboxylic acid groups (broad SMARTS) is 1. The third-order valence-electron chi connectivity index (χ3n) is 6.29. The van der Waals surface area contributed by atoms with Gasteiger partial charge < -0.3 is 14.9 Å². The molecule has 7 nitrogen and oxygen atoms in total. The van der Waals surface area contributed by atoms with Gasteiger partial charge in [-0.3, -0.25) is 4.72 Å². The Balaban J connectivity index is 1.57. The number of aromatic carboxylic acids is 1. The van der Waals surface area contributed by atoms with Crippen molar-refractivity contribution in [3.8, 4) is 0 Å². The number of nitrogens with zero attached hydrogens (tertiary/aromatic N) is 2. The van der Waals surface area contributed by atoms with E-state index < -0.39 is 16.0 Å². The van der Waals surface area contributed by atoms with Crippen molar-refractivity contribution < 1.29 is 18.3 Å². The highest BCUT2D eigenvalue weighted by Crippen LogP contribution is 2.30. The number of nitrogens with one attached hydrogen (secondary N) is 1. The molecule has 2 N–H and O–H groups in total. The van der Waals surface area contributed by atoms with Gasteiger partial charge in [0.25, 0.3) is 10.0 Å². The second kappa shape index (κ2) is 9.62. The number of carbonyl (C=O) groups is 1.